The van der Waals surface area contributed by atoms with Crippen LogP contribution in [-0.2, 0) is 16.6 Å². The summed E-state index contributed by atoms with van der Waals surface area (Å²) in [6, 6.07) is 3.59. The van der Waals surface area contributed by atoms with Crippen molar-refractivity contribution in [3.05, 3.63) is 17.0 Å². The standard InChI is InChI=1S/C12H22N2O2S2/c1-4-6-9-14(3)18(15,16)12-8-7-11(17-12)10-13-5-2/h7-8,13H,4-6,9-10H2,1-3H3. The molecule has 0 fully saturated rings. The van der Waals surface area contributed by atoms with E-state index in [1.165, 1.54) is 15.6 Å². The lowest BCUT2D eigenvalue weighted by Crippen LogP contribution is -2.27. The number of thiophene rings is 1. The number of nitrogens with zero attached hydrogens (tertiary/aromatic N) is 1. The Morgan fingerprint density at radius 3 is 2.67 bits per heavy atom. The molecule has 0 spiro atoms. The first-order valence-electron chi connectivity index (χ1n) is 6.28. The van der Waals surface area contributed by atoms with Crippen molar-refractivity contribution in [3.8, 4) is 0 Å². The summed E-state index contributed by atoms with van der Waals surface area (Å²) in [6.07, 6.45) is 1.89. The monoisotopic (exact) mass is 290 g/mol. The summed E-state index contributed by atoms with van der Waals surface area (Å²) in [7, 11) is -1.64. The summed E-state index contributed by atoms with van der Waals surface area (Å²) in [5.41, 5.74) is 0. The van der Waals surface area contributed by atoms with E-state index in [-0.39, 0.29) is 0 Å². The van der Waals surface area contributed by atoms with Gasteiger partial charge in [0.05, 0.1) is 0 Å². The van der Waals surface area contributed by atoms with Crippen molar-refractivity contribution in [1.82, 2.24) is 9.62 Å². The molecule has 0 aromatic carbocycles. The van der Waals surface area contributed by atoms with Gasteiger partial charge in [0.1, 0.15) is 4.21 Å². The fourth-order valence-electron chi connectivity index (χ4n) is 1.49. The summed E-state index contributed by atoms with van der Waals surface area (Å²) in [6.45, 7) is 6.29. The molecule has 1 aromatic heterocycles. The molecule has 1 rings (SSSR count). The lowest BCUT2D eigenvalue weighted by molar-refractivity contribution is 0.461. The molecule has 0 aliphatic carbocycles. The van der Waals surface area contributed by atoms with Crippen molar-refractivity contribution < 1.29 is 8.42 Å². The molecule has 4 nitrogen and oxygen atoms in total. The van der Waals surface area contributed by atoms with Crippen LogP contribution in [0.2, 0.25) is 0 Å². The molecule has 0 atom stereocenters. The highest BCUT2D eigenvalue weighted by Gasteiger charge is 2.22. The minimum Gasteiger partial charge on any atom is -0.312 e. The van der Waals surface area contributed by atoms with Gasteiger partial charge >= 0.3 is 0 Å². The largest absolute Gasteiger partial charge is 0.312 e. The third-order valence-corrected chi connectivity index (χ3v) is 6.09. The van der Waals surface area contributed by atoms with Crippen LogP contribution in [0, 0.1) is 0 Å². The van der Waals surface area contributed by atoms with Gasteiger partial charge in [-0.05, 0) is 25.1 Å². The van der Waals surface area contributed by atoms with E-state index in [0.717, 1.165) is 30.8 Å². The Labute approximate surface area is 114 Å². The molecule has 0 saturated heterocycles. The maximum atomic E-state index is 12.2. The van der Waals surface area contributed by atoms with Crippen LogP contribution in [-0.4, -0.2) is 32.9 Å². The van der Waals surface area contributed by atoms with Gasteiger partial charge in [0.2, 0.25) is 0 Å². The highest BCUT2D eigenvalue weighted by molar-refractivity contribution is 7.91. The molecule has 18 heavy (non-hydrogen) atoms. The van der Waals surface area contributed by atoms with E-state index in [2.05, 4.69) is 12.2 Å². The minimum absolute atomic E-state index is 0.439. The van der Waals surface area contributed by atoms with Crippen molar-refractivity contribution in [2.24, 2.45) is 0 Å². The first-order chi connectivity index (χ1) is 8.52. The summed E-state index contributed by atoms with van der Waals surface area (Å²) in [4.78, 5) is 1.05. The van der Waals surface area contributed by atoms with Gasteiger partial charge in [0, 0.05) is 25.0 Å². The Morgan fingerprint density at radius 1 is 1.33 bits per heavy atom. The van der Waals surface area contributed by atoms with Crippen LogP contribution < -0.4 is 5.32 Å². The van der Waals surface area contributed by atoms with Gasteiger partial charge in [-0.15, -0.1) is 11.3 Å². The lowest BCUT2D eigenvalue weighted by Gasteiger charge is -2.15. The van der Waals surface area contributed by atoms with Crippen LogP contribution >= 0.6 is 11.3 Å². The third kappa shape index (κ3) is 4.05. The second-order valence-corrected chi connectivity index (χ2v) is 7.62. The topological polar surface area (TPSA) is 49.4 Å². The fourth-order valence-corrected chi connectivity index (χ4v) is 4.24. The van der Waals surface area contributed by atoms with Crippen molar-refractivity contribution in [2.45, 2.75) is 37.4 Å². The average molecular weight is 290 g/mol. The van der Waals surface area contributed by atoms with Crippen molar-refractivity contribution in [2.75, 3.05) is 20.1 Å². The summed E-state index contributed by atoms with van der Waals surface area (Å²) in [5, 5.41) is 3.19. The quantitative estimate of drug-likeness (QED) is 0.799. The maximum absolute atomic E-state index is 12.2. The van der Waals surface area contributed by atoms with Gasteiger partial charge in [0.15, 0.2) is 0 Å². The normalized spacial score (nSPS) is 12.2. The van der Waals surface area contributed by atoms with E-state index in [0.29, 0.717) is 10.8 Å². The first-order valence-corrected chi connectivity index (χ1v) is 8.53. The molecule has 6 heteroatoms. The molecule has 1 aromatic rings. The molecule has 0 aliphatic heterocycles. The van der Waals surface area contributed by atoms with E-state index in [1.54, 1.807) is 13.1 Å². The van der Waals surface area contributed by atoms with Crippen LogP contribution in [0.15, 0.2) is 16.3 Å². The molecule has 0 aliphatic rings. The molecule has 104 valence electrons. The summed E-state index contributed by atoms with van der Waals surface area (Å²) in [5.74, 6) is 0. The van der Waals surface area contributed by atoms with Gasteiger partial charge in [-0.25, -0.2) is 12.7 Å². The van der Waals surface area contributed by atoms with Gasteiger partial charge in [-0.1, -0.05) is 20.3 Å². The van der Waals surface area contributed by atoms with E-state index < -0.39 is 10.0 Å². The number of sulfonamides is 1. The van der Waals surface area contributed by atoms with Crippen LogP contribution in [0.1, 0.15) is 31.6 Å². The second-order valence-electron chi connectivity index (χ2n) is 4.18. The molecule has 0 saturated carbocycles. The summed E-state index contributed by atoms with van der Waals surface area (Å²) >= 11 is 1.35. The van der Waals surface area contributed by atoms with Gasteiger partial charge in [-0.3, -0.25) is 0 Å². The van der Waals surface area contributed by atoms with Crippen LogP contribution in [0.4, 0.5) is 0 Å². The number of nitrogens with one attached hydrogen (secondary N) is 1. The Balaban J connectivity index is 2.75. The Kier molecular flexibility index (Phi) is 6.28. The summed E-state index contributed by atoms with van der Waals surface area (Å²) < 4.78 is 26.4. The maximum Gasteiger partial charge on any atom is 0.252 e. The molecular formula is C12H22N2O2S2. The molecule has 1 N–H and O–H groups in total. The first kappa shape index (κ1) is 15.6. The zero-order valence-corrected chi connectivity index (χ0v) is 12.9. The zero-order valence-electron chi connectivity index (χ0n) is 11.3. The van der Waals surface area contributed by atoms with Crippen LogP contribution in [0.5, 0.6) is 0 Å². The molecule has 0 bridgehead atoms. The smallest absolute Gasteiger partial charge is 0.252 e. The highest BCUT2D eigenvalue weighted by atomic mass is 32.2. The van der Waals surface area contributed by atoms with Gasteiger partial charge < -0.3 is 5.32 Å². The number of unbranched alkanes of at least 4 members (excludes halogenated alkanes) is 1. The van der Waals surface area contributed by atoms with E-state index in [9.17, 15) is 8.42 Å². The van der Waals surface area contributed by atoms with E-state index in [4.69, 9.17) is 0 Å². The van der Waals surface area contributed by atoms with Crippen LogP contribution in [0.25, 0.3) is 0 Å². The van der Waals surface area contributed by atoms with E-state index in [1.807, 2.05) is 13.0 Å². The third-order valence-electron chi connectivity index (χ3n) is 2.68. The van der Waals surface area contributed by atoms with Crippen molar-refractivity contribution >= 4 is 21.4 Å². The molecule has 0 radical (unpaired) electrons. The number of rotatable bonds is 8. The Morgan fingerprint density at radius 2 is 2.06 bits per heavy atom. The van der Waals surface area contributed by atoms with E-state index >= 15 is 0 Å². The highest BCUT2D eigenvalue weighted by Crippen LogP contribution is 2.24. The second kappa shape index (κ2) is 7.23. The van der Waals surface area contributed by atoms with Gasteiger partial charge in [-0.2, -0.15) is 0 Å². The molecule has 0 unspecified atom stereocenters. The number of hydrogen-bond donors (Lipinski definition) is 1. The number of hydrogen-bond acceptors (Lipinski definition) is 4. The molecule has 0 amide bonds. The molecular weight excluding hydrogens is 268 g/mol. The predicted molar refractivity (Wildman–Crippen MR) is 76.4 cm³/mol. The average Bonchev–Trinajstić information content (AvgIpc) is 2.82. The Bertz CT molecular complexity index is 454. The van der Waals surface area contributed by atoms with Crippen molar-refractivity contribution in [3.63, 3.8) is 0 Å². The molecule has 1 heterocycles. The minimum atomic E-state index is -3.29. The lowest BCUT2D eigenvalue weighted by atomic mass is 10.3. The predicted octanol–water partition coefficient (Wildman–Crippen LogP) is 2.28. The van der Waals surface area contributed by atoms with Crippen LogP contribution in [0.3, 0.4) is 0 Å². The van der Waals surface area contributed by atoms with Crippen molar-refractivity contribution in [1.29, 1.82) is 0 Å². The fraction of sp³-hybridized carbons (Fsp3) is 0.667. The van der Waals surface area contributed by atoms with Gasteiger partial charge in [0.25, 0.3) is 10.0 Å². The SMILES string of the molecule is CCCCN(C)S(=O)(=O)c1ccc(CNCC)s1. The zero-order chi connectivity index (χ0) is 13.6. The Hall–Kier alpha value is -0.430.